The van der Waals surface area contributed by atoms with Gasteiger partial charge in [0.05, 0.1) is 0 Å². The van der Waals surface area contributed by atoms with Crippen LogP contribution in [0.25, 0.3) is 0 Å². The third kappa shape index (κ3) is 3.61. The van der Waals surface area contributed by atoms with E-state index in [2.05, 4.69) is 17.9 Å². The first-order chi connectivity index (χ1) is 5.49. The Morgan fingerprint density at radius 3 is 2.25 bits per heavy atom. The molecule has 0 radical (unpaired) electrons. The molecule has 0 aliphatic heterocycles. The van der Waals surface area contributed by atoms with Crippen molar-refractivity contribution in [3.8, 4) is 0 Å². The first-order valence-electron chi connectivity index (χ1n) is 3.63. The highest BCUT2D eigenvalue weighted by Crippen LogP contribution is 1.94. The van der Waals surface area contributed by atoms with Crippen LogP contribution in [0, 0.1) is 5.92 Å². The van der Waals surface area contributed by atoms with Crippen molar-refractivity contribution in [2.45, 2.75) is 19.9 Å². The van der Waals surface area contributed by atoms with E-state index >= 15 is 0 Å². The molecule has 1 amide bonds. The molecule has 0 aliphatic rings. The summed E-state index contributed by atoms with van der Waals surface area (Å²) in [5.41, 5.74) is 0. The van der Waals surface area contributed by atoms with E-state index in [4.69, 9.17) is 5.11 Å². The number of carboxylic acid groups (broad SMARTS) is 1. The number of thiol groups is 1. The van der Waals surface area contributed by atoms with Crippen molar-refractivity contribution in [3.05, 3.63) is 0 Å². The molecule has 1 atom stereocenters. The number of hydrogen-bond acceptors (Lipinski definition) is 3. The summed E-state index contributed by atoms with van der Waals surface area (Å²) in [7, 11) is 0. The average molecular weight is 191 g/mol. The van der Waals surface area contributed by atoms with Gasteiger partial charge in [-0.25, -0.2) is 4.79 Å². The largest absolute Gasteiger partial charge is 0.480 e. The molecule has 0 spiro atoms. The van der Waals surface area contributed by atoms with Gasteiger partial charge in [0.15, 0.2) is 0 Å². The van der Waals surface area contributed by atoms with Gasteiger partial charge in [0.1, 0.15) is 6.04 Å². The Hall–Kier alpha value is -0.710. The van der Waals surface area contributed by atoms with Gasteiger partial charge in [-0.1, -0.05) is 13.8 Å². The molecule has 0 aromatic heterocycles. The van der Waals surface area contributed by atoms with Crippen molar-refractivity contribution in [1.82, 2.24) is 5.32 Å². The Morgan fingerprint density at radius 1 is 1.50 bits per heavy atom. The van der Waals surface area contributed by atoms with E-state index in [1.165, 1.54) is 0 Å². The van der Waals surface area contributed by atoms with Crippen LogP contribution in [0.5, 0.6) is 0 Å². The fraction of sp³-hybridized carbons (Fsp3) is 0.714. The molecular weight excluding hydrogens is 178 g/mol. The highest BCUT2D eigenvalue weighted by molar-refractivity contribution is 7.80. The molecule has 0 bridgehead atoms. The maximum Gasteiger partial charge on any atom is 0.327 e. The minimum absolute atomic E-state index is 0.105. The van der Waals surface area contributed by atoms with Crippen LogP contribution >= 0.6 is 12.6 Å². The smallest absolute Gasteiger partial charge is 0.327 e. The van der Waals surface area contributed by atoms with Crippen LogP contribution in [-0.4, -0.2) is 28.8 Å². The highest BCUT2D eigenvalue weighted by atomic mass is 32.1. The molecule has 0 aromatic rings. The molecule has 0 aliphatic carbocycles. The van der Waals surface area contributed by atoms with E-state index < -0.39 is 12.0 Å². The molecule has 0 aromatic carbocycles. The molecule has 0 rings (SSSR count). The van der Waals surface area contributed by atoms with Gasteiger partial charge in [-0.05, 0) is 0 Å². The van der Waals surface area contributed by atoms with Crippen molar-refractivity contribution < 1.29 is 14.7 Å². The summed E-state index contributed by atoms with van der Waals surface area (Å²) in [6.45, 7) is 3.40. The summed E-state index contributed by atoms with van der Waals surface area (Å²) in [5.74, 6) is -1.42. The summed E-state index contributed by atoms with van der Waals surface area (Å²) in [6.07, 6.45) is 0. The Balaban J connectivity index is 4.03. The Labute approximate surface area is 76.8 Å². The third-order valence-electron chi connectivity index (χ3n) is 1.32. The predicted molar refractivity (Wildman–Crippen MR) is 48.3 cm³/mol. The Bertz CT molecular complexity index is 181. The number of hydrogen-bond donors (Lipinski definition) is 3. The SMILES string of the molecule is CC(C)C(=O)N[C@H](CS)C(=O)O. The molecule has 5 heteroatoms. The fourth-order valence-corrected chi connectivity index (χ4v) is 0.771. The lowest BCUT2D eigenvalue weighted by Gasteiger charge is -2.13. The summed E-state index contributed by atoms with van der Waals surface area (Å²) in [6, 6.07) is -0.886. The standard InChI is InChI=1S/C7H13NO3S/c1-4(2)6(9)8-5(3-12)7(10)11/h4-5,12H,3H2,1-2H3,(H,8,9)(H,10,11)/t5-/m1/s1. The lowest BCUT2D eigenvalue weighted by molar-refractivity contribution is -0.141. The molecule has 0 heterocycles. The number of rotatable bonds is 4. The molecule has 0 fully saturated rings. The van der Waals surface area contributed by atoms with E-state index in [1.54, 1.807) is 13.8 Å². The minimum atomic E-state index is -1.06. The number of amides is 1. The summed E-state index contributed by atoms with van der Waals surface area (Å²) >= 11 is 3.80. The Kier molecular flexibility index (Phi) is 4.73. The van der Waals surface area contributed by atoms with Gasteiger partial charge in [-0.3, -0.25) is 4.79 Å². The number of aliphatic carboxylic acids is 1. The number of carbonyl (C=O) groups excluding carboxylic acids is 1. The quantitative estimate of drug-likeness (QED) is 0.554. The topological polar surface area (TPSA) is 66.4 Å². The monoisotopic (exact) mass is 191 g/mol. The first-order valence-corrected chi connectivity index (χ1v) is 4.26. The predicted octanol–water partition coefficient (Wildman–Crippen LogP) is 0.142. The second-order valence-corrected chi connectivity index (χ2v) is 3.10. The van der Waals surface area contributed by atoms with Crippen molar-refractivity contribution in [2.75, 3.05) is 5.75 Å². The average Bonchev–Trinajstić information content (AvgIpc) is 1.98. The highest BCUT2D eigenvalue weighted by Gasteiger charge is 2.19. The second kappa shape index (κ2) is 5.03. The third-order valence-corrected chi connectivity index (χ3v) is 1.69. The Morgan fingerprint density at radius 2 is 2.00 bits per heavy atom. The van der Waals surface area contributed by atoms with Gasteiger partial charge < -0.3 is 10.4 Å². The van der Waals surface area contributed by atoms with Crippen LogP contribution in [0.2, 0.25) is 0 Å². The fourth-order valence-electron chi connectivity index (χ4n) is 0.524. The summed E-state index contributed by atoms with van der Waals surface area (Å²) in [4.78, 5) is 21.4. The molecular formula is C7H13NO3S. The zero-order valence-electron chi connectivity index (χ0n) is 7.07. The van der Waals surface area contributed by atoms with Crippen LogP contribution < -0.4 is 5.32 Å². The number of carbonyl (C=O) groups is 2. The molecule has 0 saturated heterocycles. The molecule has 12 heavy (non-hydrogen) atoms. The van der Waals surface area contributed by atoms with Gasteiger partial charge in [-0.2, -0.15) is 12.6 Å². The molecule has 4 nitrogen and oxygen atoms in total. The van der Waals surface area contributed by atoms with E-state index in [0.717, 1.165) is 0 Å². The summed E-state index contributed by atoms with van der Waals surface area (Å²) < 4.78 is 0. The van der Waals surface area contributed by atoms with Crippen LogP contribution in [0.4, 0.5) is 0 Å². The molecule has 2 N–H and O–H groups in total. The van der Waals surface area contributed by atoms with Crippen molar-refractivity contribution in [3.63, 3.8) is 0 Å². The van der Waals surface area contributed by atoms with Gasteiger partial charge in [0.2, 0.25) is 5.91 Å². The van der Waals surface area contributed by atoms with Crippen LogP contribution in [0.1, 0.15) is 13.8 Å². The van der Waals surface area contributed by atoms with Crippen LogP contribution in [0.3, 0.4) is 0 Å². The van der Waals surface area contributed by atoms with Gasteiger partial charge >= 0.3 is 5.97 Å². The van der Waals surface area contributed by atoms with Crippen LogP contribution in [0.15, 0.2) is 0 Å². The van der Waals surface area contributed by atoms with Gasteiger partial charge in [0, 0.05) is 11.7 Å². The van der Waals surface area contributed by atoms with Gasteiger partial charge in [-0.15, -0.1) is 0 Å². The van der Waals surface area contributed by atoms with Gasteiger partial charge in [0.25, 0.3) is 0 Å². The zero-order valence-corrected chi connectivity index (χ0v) is 7.97. The van der Waals surface area contributed by atoms with E-state index in [0.29, 0.717) is 0 Å². The van der Waals surface area contributed by atoms with E-state index in [9.17, 15) is 9.59 Å². The van der Waals surface area contributed by atoms with Crippen molar-refractivity contribution >= 4 is 24.5 Å². The minimum Gasteiger partial charge on any atom is -0.480 e. The zero-order chi connectivity index (χ0) is 9.72. The maximum atomic E-state index is 11.0. The summed E-state index contributed by atoms with van der Waals surface area (Å²) in [5, 5.41) is 10.9. The lowest BCUT2D eigenvalue weighted by Crippen LogP contribution is -2.43. The number of nitrogens with one attached hydrogen (secondary N) is 1. The van der Waals surface area contributed by atoms with Crippen LogP contribution in [-0.2, 0) is 9.59 Å². The number of carboxylic acids is 1. The van der Waals surface area contributed by atoms with E-state index in [1.807, 2.05) is 0 Å². The van der Waals surface area contributed by atoms with E-state index in [-0.39, 0.29) is 17.6 Å². The normalized spacial score (nSPS) is 12.7. The lowest BCUT2D eigenvalue weighted by atomic mass is 10.2. The molecule has 70 valence electrons. The molecule has 0 unspecified atom stereocenters. The maximum absolute atomic E-state index is 11.0. The first kappa shape index (κ1) is 11.3. The molecule has 0 saturated carbocycles. The van der Waals surface area contributed by atoms with Crippen molar-refractivity contribution in [2.24, 2.45) is 5.92 Å². The second-order valence-electron chi connectivity index (χ2n) is 2.74. The van der Waals surface area contributed by atoms with Crippen molar-refractivity contribution in [1.29, 1.82) is 0 Å².